The summed E-state index contributed by atoms with van der Waals surface area (Å²) in [6.07, 6.45) is 2.29. The fourth-order valence-corrected chi connectivity index (χ4v) is 3.08. The van der Waals surface area contributed by atoms with Gasteiger partial charge in [0.05, 0.1) is 13.2 Å². The largest absolute Gasteiger partial charge is 0.467 e. The van der Waals surface area contributed by atoms with E-state index in [0.717, 1.165) is 12.0 Å². The SMILES string of the molecule is C=C1C(OCC(=O)OC)CC2CC1C2(C)C. The highest BCUT2D eigenvalue weighted by atomic mass is 16.6. The number of hydrogen-bond acceptors (Lipinski definition) is 3. The number of carbonyl (C=O) groups is 1. The van der Waals surface area contributed by atoms with Gasteiger partial charge in [0.25, 0.3) is 0 Å². The van der Waals surface area contributed by atoms with Crippen LogP contribution in [0.1, 0.15) is 26.7 Å². The molecule has 3 fully saturated rings. The van der Waals surface area contributed by atoms with Crippen LogP contribution in [-0.2, 0) is 14.3 Å². The van der Waals surface area contributed by atoms with E-state index in [-0.39, 0.29) is 18.7 Å². The van der Waals surface area contributed by atoms with Crippen molar-refractivity contribution in [2.24, 2.45) is 17.3 Å². The zero-order valence-corrected chi connectivity index (χ0v) is 10.3. The van der Waals surface area contributed by atoms with Gasteiger partial charge in [-0.1, -0.05) is 20.4 Å². The Morgan fingerprint density at radius 1 is 1.50 bits per heavy atom. The number of methoxy groups -OCH3 is 1. The van der Waals surface area contributed by atoms with Crippen LogP contribution in [-0.4, -0.2) is 25.8 Å². The minimum Gasteiger partial charge on any atom is -0.467 e. The molecular weight excluding hydrogens is 204 g/mol. The highest BCUT2D eigenvalue weighted by molar-refractivity contribution is 5.70. The summed E-state index contributed by atoms with van der Waals surface area (Å²) in [6, 6.07) is 0. The third-order valence-corrected chi connectivity index (χ3v) is 4.46. The summed E-state index contributed by atoms with van der Waals surface area (Å²) < 4.78 is 10.1. The van der Waals surface area contributed by atoms with E-state index in [1.54, 1.807) is 0 Å². The first-order valence-corrected chi connectivity index (χ1v) is 5.84. The molecular formula is C13H20O3. The summed E-state index contributed by atoms with van der Waals surface area (Å²) in [5.41, 5.74) is 1.54. The van der Waals surface area contributed by atoms with Crippen molar-refractivity contribution >= 4 is 5.97 Å². The van der Waals surface area contributed by atoms with Crippen LogP contribution in [0.25, 0.3) is 0 Å². The van der Waals surface area contributed by atoms with Gasteiger partial charge in [-0.15, -0.1) is 0 Å². The summed E-state index contributed by atoms with van der Waals surface area (Å²) in [7, 11) is 1.38. The predicted molar refractivity (Wildman–Crippen MR) is 60.9 cm³/mol. The summed E-state index contributed by atoms with van der Waals surface area (Å²) >= 11 is 0. The van der Waals surface area contributed by atoms with Crippen molar-refractivity contribution in [3.05, 3.63) is 12.2 Å². The zero-order chi connectivity index (χ0) is 11.9. The molecule has 90 valence electrons. The second kappa shape index (κ2) is 3.88. The van der Waals surface area contributed by atoms with Gasteiger partial charge in [0.15, 0.2) is 0 Å². The van der Waals surface area contributed by atoms with E-state index in [1.807, 2.05) is 0 Å². The molecule has 3 unspecified atom stereocenters. The third kappa shape index (κ3) is 1.67. The Balaban J connectivity index is 1.91. The predicted octanol–water partition coefficient (Wildman–Crippen LogP) is 2.17. The van der Waals surface area contributed by atoms with Crippen molar-refractivity contribution in [1.29, 1.82) is 0 Å². The molecule has 0 saturated heterocycles. The molecule has 0 N–H and O–H groups in total. The van der Waals surface area contributed by atoms with Crippen LogP contribution in [0, 0.1) is 17.3 Å². The van der Waals surface area contributed by atoms with E-state index in [4.69, 9.17) is 4.74 Å². The number of fused-ring (bicyclic) bond motifs is 2. The van der Waals surface area contributed by atoms with Crippen LogP contribution in [0.15, 0.2) is 12.2 Å². The highest BCUT2D eigenvalue weighted by Gasteiger charge is 2.55. The van der Waals surface area contributed by atoms with Crippen molar-refractivity contribution in [3.8, 4) is 0 Å². The average molecular weight is 224 g/mol. The summed E-state index contributed by atoms with van der Waals surface area (Å²) in [4.78, 5) is 11.0. The molecule has 3 aliphatic rings. The van der Waals surface area contributed by atoms with Gasteiger partial charge in [0.1, 0.15) is 6.61 Å². The maximum atomic E-state index is 11.0. The van der Waals surface area contributed by atoms with Gasteiger partial charge in [-0.3, -0.25) is 0 Å². The first kappa shape index (κ1) is 11.6. The maximum Gasteiger partial charge on any atom is 0.331 e. The number of carbonyl (C=O) groups excluding carboxylic acids is 1. The van der Waals surface area contributed by atoms with Crippen molar-refractivity contribution in [1.82, 2.24) is 0 Å². The Morgan fingerprint density at radius 2 is 2.19 bits per heavy atom. The van der Waals surface area contributed by atoms with Crippen LogP contribution < -0.4 is 0 Å². The van der Waals surface area contributed by atoms with E-state index in [1.165, 1.54) is 13.5 Å². The molecule has 3 saturated carbocycles. The summed E-state index contributed by atoms with van der Waals surface area (Å²) in [5.74, 6) is 0.964. The van der Waals surface area contributed by atoms with Crippen molar-refractivity contribution in [2.75, 3.05) is 13.7 Å². The third-order valence-electron chi connectivity index (χ3n) is 4.46. The minimum absolute atomic E-state index is 0.0417. The lowest BCUT2D eigenvalue weighted by molar-refractivity contribution is -0.151. The second-order valence-corrected chi connectivity index (χ2v) is 5.49. The average Bonchev–Trinajstić information content (AvgIpc) is 2.26. The molecule has 2 bridgehead atoms. The molecule has 3 rings (SSSR count). The Kier molecular flexibility index (Phi) is 2.82. The van der Waals surface area contributed by atoms with Crippen LogP contribution in [0.5, 0.6) is 0 Å². The monoisotopic (exact) mass is 224 g/mol. The Bertz CT molecular complexity index is 319. The fraction of sp³-hybridized carbons (Fsp3) is 0.769. The standard InChI is InChI=1S/C13H20O3/c1-8-10-5-9(13(10,2)3)6-11(8)16-7-12(14)15-4/h9-11H,1,5-7H2,2-4H3. The number of esters is 1. The van der Waals surface area contributed by atoms with E-state index >= 15 is 0 Å². The van der Waals surface area contributed by atoms with Gasteiger partial charge in [-0.05, 0) is 35.7 Å². The van der Waals surface area contributed by atoms with Gasteiger partial charge in [-0.2, -0.15) is 0 Å². The molecule has 0 heterocycles. The lowest BCUT2D eigenvalue weighted by Gasteiger charge is -2.59. The van der Waals surface area contributed by atoms with Crippen molar-refractivity contribution in [2.45, 2.75) is 32.8 Å². The van der Waals surface area contributed by atoms with Crippen molar-refractivity contribution < 1.29 is 14.3 Å². The summed E-state index contributed by atoms with van der Waals surface area (Å²) in [5, 5.41) is 0. The van der Waals surface area contributed by atoms with Crippen molar-refractivity contribution in [3.63, 3.8) is 0 Å². The normalized spacial score (nSPS) is 35.4. The van der Waals surface area contributed by atoms with Gasteiger partial charge in [0.2, 0.25) is 0 Å². The topological polar surface area (TPSA) is 35.5 Å². The van der Waals surface area contributed by atoms with Gasteiger partial charge in [0, 0.05) is 0 Å². The highest BCUT2D eigenvalue weighted by Crippen LogP contribution is 2.61. The quantitative estimate of drug-likeness (QED) is 0.544. The molecule has 3 nitrogen and oxygen atoms in total. The van der Waals surface area contributed by atoms with Crippen LogP contribution in [0.4, 0.5) is 0 Å². The molecule has 0 spiro atoms. The molecule has 0 radical (unpaired) electrons. The Hall–Kier alpha value is -0.830. The van der Waals surface area contributed by atoms with Crippen LogP contribution in [0.2, 0.25) is 0 Å². The molecule has 3 atom stereocenters. The molecule has 0 aromatic heterocycles. The zero-order valence-electron chi connectivity index (χ0n) is 10.3. The van der Waals surface area contributed by atoms with E-state index in [9.17, 15) is 4.79 Å². The molecule has 3 aliphatic carbocycles. The number of hydrogen-bond donors (Lipinski definition) is 0. The van der Waals surface area contributed by atoms with E-state index in [0.29, 0.717) is 17.3 Å². The summed E-state index contributed by atoms with van der Waals surface area (Å²) in [6.45, 7) is 8.78. The first-order valence-electron chi connectivity index (χ1n) is 5.84. The van der Waals surface area contributed by atoms with Gasteiger partial charge in [-0.25, -0.2) is 4.79 Å². The van der Waals surface area contributed by atoms with E-state index < -0.39 is 0 Å². The molecule has 0 aromatic rings. The number of ether oxygens (including phenoxy) is 2. The van der Waals surface area contributed by atoms with E-state index in [2.05, 4.69) is 25.2 Å². The Labute approximate surface area is 96.8 Å². The molecule has 0 aromatic carbocycles. The lowest BCUT2D eigenvalue weighted by Crippen LogP contribution is -2.54. The Morgan fingerprint density at radius 3 is 2.69 bits per heavy atom. The molecule has 0 aliphatic heterocycles. The minimum atomic E-state index is -0.314. The number of rotatable bonds is 3. The van der Waals surface area contributed by atoms with Gasteiger partial charge < -0.3 is 9.47 Å². The molecule has 0 amide bonds. The molecule has 16 heavy (non-hydrogen) atoms. The first-order chi connectivity index (χ1) is 7.46. The lowest BCUT2D eigenvalue weighted by atomic mass is 9.47. The molecule has 3 heteroatoms. The maximum absolute atomic E-state index is 11.0. The second-order valence-electron chi connectivity index (χ2n) is 5.49. The van der Waals surface area contributed by atoms with Crippen LogP contribution in [0.3, 0.4) is 0 Å². The van der Waals surface area contributed by atoms with Gasteiger partial charge >= 0.3 is 5.97 Å². The van der Waals surface area contributed by atoms with Crippen LogP contribution >= 0.6 is 0 Å². The fourth-order valence-electron chi connectivity index (χ4n) is 3.08. The smallest absolute Gasteiger partial charge is 0.331 e.